The largest absolute Gasteiger partial charge is 0.443 e. The normalized spacial score (nSPS) is 10.3. The lowest BCUT2D eigenvalue weighted by Gasteiger charge is -2.04. The fraction of sp³-hybridized carbons (Fsp3) is 0.0588. The molecule has 1 aromatic heterocycles. The van der Waals surface area contributed by atoms with Gasteiger partial charge in [0.25, 0.3) is 5.69 Å². The number of hydrogen-bond donors (Lipinski definition) is 0. The highest BCUT2D eigenvalue weighted by atomic mass is 16.6. The van der Waals surface area contributed by atoms with E-state index in [1.807, 2.05) is 30.3 Å². The lowest BCUT2D eigenvalue weighted by atomic mass is 10.1. The van der Waals surface area contributed by atoms with Crippen LogP contribution in [0.15, 0.2) is 67.0 Å². The number of nitro benzene ring substituents is 1. The summed E-state index contributed by atoms with van der Waals surface area (Å²) in [5.41, 5.74) is 2.05. The second kappa shape index (κ2) is 6.74. The van der Waals surface area contributed by atoms with Gasteiger partial charge in [0.1, 0.15) is 6.61 Å². The van der Waals surface area contributed by atoms with Crippen LogP contribution in [0.4, 0.5) is 10.5 Å². The second-order valence-corrected chi connectivity index (χ2v) is 5.02. The number of rotatable bonds is 4. The molecule has 0 N–H and O–H groups in total. The number of nitro groups is 1. The second-order valence-electron chi connectivity index (χ2n) is 5.02. The highest BCUT2D eigenvalue weighted by Crippen LogP contribution is 2.23. The molecular formula is C17H13N3O4. The zero-order chi connectivity index (χ0) is 16.9. The predicted octanol–water partition coefficient (Wildman–Crippen LogP) is 3.64. The fourth-order valence-corrected chi connectivity index (χ4v) is 2.16. The van der Waals surface area contributed by atoms with E-state index in [2.05, 4.69) is 5.10 Å². The van der Waals surface area contributed by atoms with Crippen LogP contribution in [0.1, 0.15) is 5.56 Å². The van der Waals surface area contributed by atoms with Crippen molar-refractivity contribution in [2.75, 3.05) is 0 Å². The number of aromatic nitrogens is 2. The molecule has 7 nitrogen and oxygen atoms in total. The van der Waals surface area contributed by atoms with Crippen LogP contribution >= 0.6 is 0 Å². The lowest BCUT2D eigenvalue weighted by Crippen LogP contribution is -2.13. The van der Waals surface area contributed by atoms with Crippen LogP contribution in [-0.2, 0) is 11.3 Å². The molecule has 0 saturated carbocycles. The summed E-state index contributed by atoms with van der Waals surface area (Å²) < 4.78 is 6.25. The molecule has 0 bridgehead atoms. The van der Waals surface area contributed by atoms with Gasteiger partial charge in [0.15, 0.2) is 0 Å². The molecule has 0 atom stereocenters. The van der Waals surface area contributed by atoms with Crippen molar-refractivity contribution in [3.05, 3.63) is 82.7 Å². The van der Waals surface area contributed by atoms with Crippen molar-refractivity contribution in [1.82, 2.24) is 9.78 Å². The van der Waals surface area contributed by atoms with Gasteiger partial charge in [-0.3, -0.25) is 10.1 Å². The first-order valence-electron chi connectivity index (χ1n) is 7.14. The van der Waals surface area contributed by atoms with Crippen LogP contribution in [0.5, 0.6) is 0 Å². The summed E-state index contributed by atoms with van der Waals surface area (Å²) in [6.07, 6.45) is 2.32. The Hall–Kier alpha value is -3.48. The Balaban J connectivity index is 1.72. The quantitative estimate of drug-likeness (QED) is 0.540. The molecule has 0 amide bonds. The molecule has 0 unspecified atom stereocenters. The zero-order valence-electron chi connectivity index (χ0n) is 12.5. The lowest BCUT2D eigenvalue weighted by molar-refractivity contribution is -0.384. The van der Waals surface area contributed by atoms with Crippen molar-refractivity contribution >= 4 is 11.8 Å². The van der Waals surface area contributed by atoms with Gasteiger partial charge in [-0.05, 0) is 11.1 Å². The van der Waals surface area contributed by atoms with E-state index in [1.54, 1.807) is 12.1 Å². The Morgan fingerprint density at radius 3 is 2.67 bits per heavy atom. The number of carbonyl (C=O) groups is 1. The van der Waals surface area contributed by atoms with Gasteiger partial charge in [-0.1, -0.05) is 42.5 Å². The van der Waals surface area contributed by atoms with Crippen LogP contribution in [-0.4, -0.2) is 20.8 Å². The van der Waals surface area contributed by atoms with Crippen molar-refractivity contribution in [2.24, 2.45) is 0 Å². The van der Waals surface area contributed by atoms with Crippen molar-refractivity contribution in [3.63, 3.8) is 0 Å². The maximum atomic E-state index is 12.0. The summed E-state index contributed by atoms with van der Waals surface area (Å²) in [7, 11) is 0. The molecule has 0 spiro atoms. The smallest absolute Gasteiger partial charge is 0.435 e. The SMILES string of the molecule is O=C(OCc1ccccc1)n1cc(-c2cccc([N+](=O)[O-])c2)cn1. The third kappa shape index (κ3) is 3.46. The summed E-state index contributed by atoms with van der Waals surface area (Å²) in [6, 6.07) is 15.4. The van der Waals surface area contributed by atoms with E-state index in [-0.39, 0.29) is 12.3 Å². The van der Waals surface area contributed by atoms with Crippen LogP contribution in [0, 0.1) is 10.1 Å². The first-order valence-corrected chi connectivity index (χ1v) is 7.14. The number of hydrogen-bond acceptors (Lipinski definition) is 5. The monoisotopic (exact) mass is 323 g/mol. The standard InChI is InChI=1S/C17H13N3O4/c21-17(24-12-13-5-2-1-3-6-13)19-11-15(10-18-19)14-7-4-8-16(9-14)20(22)23/h1-11H,12H2. The van der Waals surface area contributed by atoms with Crippen LogP contribution < -0.4 is 0 Å². The van der Waals surface area contributed by atoms with E-state index < -0.39 is 11.0 Å². The minimum absolute atomic E-state index is 0.0214. The number of nitrogens with zero attached hydrogens (tertiary/aromatic N) is 3. The molecule has 0 radical (unpaired) electrons. The summed E-state index contributed by atoms with van der Waals surface area (Å²) in [5.74, 6) is 0. The number of non-ortho nitro benzene ring substituents is 1. The molecule has 3 aromatic rings. The molecule has 0 saturated heterocycles. The van der Waals surface area contributed by atoms with Crippen LogP contribution in [0.2, 0.25) is 0 Å². The van der Waals surface area contributed by atoms with Crippen molar-refractivity contribution in [2.45, 2.75) is 6.61 Å². The Morgan fingerprint density at radius 1 is 1.12 bits per heavy atom. The summed E-state index contributed by atoms with van der Waals surface area (Å²) >= 11 is 0. The highest BCUT2D eigenvalue weighted by molar-refractivity contribution is 5.73. The van der Waals surface area contributed by atoms with Crippen LogP contribution in [0.25, 0.3) is 11.1 Å². The van der Waals surface area contributed by atoms with Gasteiger partial charge in [-0.15, -0.1) is 0 Å². The van der Waals surface area contributed by atoms with Gasteiger partial charge in [0.2, 0.25) is 0 Å². The molecule has 0 aliphatic carbocycles. The number of carbonyl (C=O) groups excluding carboxylic acids is 1. The van der Waals surface area contributed by atoms with Gasteiger partial charge < -0.3 is 4.74 Å². The van der Waals surface area contributed by atoms with Gasteiger partial charge in [-0.25, -0.2) is 4.79 Å². The van der Waals surface area contributed by atoms with Crippen LogP contribution in [0.3, 0.4) is 0 Å². The Kier molecular flexibility index (Phi) is 4.33. The van der Waals surface area contributed by atoms with E-state index in [0.29, 0.717) is 11.1 Å². The molecule has 2 aromatic carbocycles. The molecule has 0 fully saturated rings. The maximum Gasteiger partial charge on any atom is 0.435 e. The predicted molar refractivity (Wildman–Crippen MR) is 86.3 cm³/mol. The van der Waals surface area contributed by atoms with Crippen molar-refractivity contribution in [3.8, 4) is 11.1 Å². The summed E-state index contributed by atoms with van der Waals surface area (Å²) in [4.78, 5) is 22.4. The number of benzene rings is 2. The average molecular weight is 323 g/mol. The van der Waals surface area contributed by atoms with E-state index in [1.165, 1.54) is 24.5 Å². The maximum absolute atomic E-state index is 12.0. The molecule has 24 heavy (non-hydrogen) atoms. The van der Waals surface area contributed by atoms with E-state index in [4.69, 9.17) is 4.74 Å². The van der Waals surface area contributed by atoms with E-state index in [0.717, 1.165) is 10.2 Å². The summed E-state index contributed by atoms with van der Waals surface area (Å²) in [5, 5.41) is 14.8. The topological polar surface area (TPSA) is 87.3 Å². The van der Waals surface area contributed by atoms with Gasteiger partial charge in [-0.2, -0.15) is 9.78 Å². The molecule has 3 rings (SSSR count). The third-order valence-electron chi connectivity index (χ3n) is 3.37. The molecule has 7 heteroatoms. The molecule has 120 valence electrons. The highest BCUT2D eigenvalue weighted by Gasteiger charge is 2.12. The van der Waals surface area contributed by atoms with Gasteiger partial charge >= 0.3 is 6.09 Å². The first kappa shape index (κ1) is 15.4. The Morgan fingerprint density at radius 2 is 1.92 bits per heavy atom. The van der Waals surface area contributed by atoms with E-state index >= 15 is 0 Å². The molecule has 1 heterocycles. The molecular weight excluding hydrogens is 310 g/mol. The third-order valence-corrected chi connectivity index (χ3v) is 3.37. The Labute approximate surface area is 137 Å². The average Bonchev–Trinajstić information content (AvgIpc) is 3.11. The molecule has 0 aliphatic rings. The number of ether oxygens (including phenoxy) is 1. The van der Waals surface area contributed by atoms with E-state index in [9.17, 15) is 14.9 Å². The van der Waals surface area contributed by atoms with Gasteiger partial charge in [0.05, 0.1) is 11.1 Å². The first-order chi connectivity index (χ1) is 11.6. The molecule has 0 aliphatic heterocycles. The van der Waals surface area contributed by atoms with Crippen molar-refractivity contribution < 1.29 is 14.5 Å². The fourth-order valence-electron chi connectivity index (χ4n) is 2.16. The summed E-state index contributed by atoms with van der Waals surface area (Å²) in [6.45, 7) is 0.145. The minimum atomic E-state index is -0.615. The van der Waals surface area contributed by atoms with Gasteiger partial charge in [0, 0.05) is 23.9 Å². The van der Waals surface area contributed by atoms with Crippen molar-refractivity contribution in [1.29, 1.82) is 0 Å². The zero-order valence-corrected chi connectivity index (χ0v) is 12.5. The minimum Gasteiger partial charge on any atom is -0.443 e. The Bertz CT molecular complexity index is 874.